The lowest BCUT2D eigenvalue weighted by Crippen LogP contribution is -2.35. The van der Waals surface area contributed by atoms with Gasteiger partial charge in [0.2, 0.25) is 15.8 Å². The van der Waals surface area contributed by atoms with Gasteiger partial charge in [0.25, 0.3) is 5.91 Å². The highest BCUT2D eigenvalue weighted by atomic mass is 32.2. The molecule has 0 radical (unpaired) electrons. The topological polar surface area (TPSA) is 129 Å². The van der Waals surface area contributed by atoms with E-state index in [-0.39, 0.29) is 35.0 Å². The Morgan fingerprint density at radius 1 is 1.07 bits per heavy atom. The Kier molecular flexibility index (Phi) is 6.86. The maximum Gasteiger partial charge on any atom is 0.251 e. The number of rotatable bonds is 9. The van der Waals surface area contributed by atoms with Gasteiger partial charge in [0.1, 0.15) is 10.6 Å². The average Bonchev–Trinajstić information content (AvgIpc) is 3.02. The molecule has 2 N–H and O–H groups in total. The van der Waals surface area contributed by atoms with Crippen molar-refractivity contribution in [3.05, 3.63) is 29.2 Å². The van der Waals surface area contributed by atoms with E-state index in [0.717, 1.165) is 0 Å². The fourth-order valence-corrected chi connectivity index (χ4v) is 3.96. The largest absolute Gasteiger partial charge is 0.493 e. The Labute approximate surface area is 163 Å². The maximum absolute atomic E-state index is 12.4. The highest BCUT2D eigenvalue weighted by Crippen LogP contribution is 2.38. The van der Waals surface area contributed by atoms with Gasteiger partial charge < -0.3 is 24.1 Å². The van der Waals surface area contributed by atoms with Gasteiger partial charge in [-0.2, -0.15) is 0 Å². The smallest absolute Gasteiger partial charge is 0.251 e. The van der Waals surface area contributed by atoms with Gasteiger partial charge in [0, 0.05) is 18.7 Å². The molecule has 10 nitrogen and oxygen atoms in total. The summed E-state index contributed by atoms with van der Waals surface area (Å²) in [5.41, 5.74) is 0.550. The Balaban J connectivity index is 2.01. The number of benzene rings is 1. The van der Waals surface area contributed by atoms with E-state index in [0.29, 0.717) is 17.2 Å². The molecule has 0 unspecified atom stereocenters. The van der Waals surface area contributed by atoms with Crippen molar-refractivity contribution in [3.63, 3.8) is 0 Å². The molecular weight excluding hydrogens is 390 g/mol. The Hall–Kier alpha value is -2.79. The molecule has 0 aliphatic carbocycles. The molecule has 2 rings (SSSR count). The number of aromatic nitrogens is 1. The summed E-state index contributed by atoms with van der Waals surface area (Å²) >= 11 is 0. The molecule has 0 aliphatic rings. The predicted octanol–water partition coefficient (Wildman–Crippen LogP) is 1.03. The minimum absolute atomic E-state index is 0.00320. The minimum Gasteiger partial charge on any atom is -0.493 e. The predicted molar refractivity (Wildman–Crippen MR) is 99.6 cm³/mol. The summed E-state index contributed by atoms with van der Waals surface area (Å²) in [4.78, 5) is 12.4. The van der Waals surface area contributed by atoms with Crippen molar-refractivity contribution in [3.8, 4) is 17.2 Å². The van der Waals surface area contributed by atoms with Crippen LogP contribution >= 0.6 is 0 Å². The molecule has 28 heavy (non-hydrogen) atoms. The van der Waals surface area contributed by atoms with Gasteiger partial charge in [0.15, 0.2) is 17.3 Å². The van der Waals surface area contributed by atoms with Crippen molar-refractivity contribution < 1.29 is 31.9 Å². The quantitative estimate of drug-likeness (QED) is 0.583. The zero-order valence-corrected chi connectivity index (χ0v) is 17.1. The number of ether oxygens (including phenoxy) is 3. The SMILES string of the molecule is COc1cc(C(=O)NCCNS(=O)(=O)c2c(C)noc2C)cc(OC)c1OC. The van der Waals surface area contributed by atoms with Gasteiger partial charge >= 0.3 is 0 Å². The van der Waals surface area contributed by atoms with Crippen molar-refractivity contribution in [1.82, 2.24) is 15.2 Å². The van der Waals surface area contributed by atoms with E-state index in [1.54, 1.807) is 0 Å². The molecule has 1 aromatic carbocycles. The molecule has 0 saturated carbocycles. The lowest BCUT2D eigenvalue weighted by molar-refractivity contribution is 0.0953. The normalized spacial score (nSPS) is 11.2. The van der Waals surface area contributed by atoms with E-state index in [1.807, 2.05) is 0 Å². The Morgan fingerprint density at radius 2 is 1.68 bits per heavy atom. The van der Waals surface area contributed by atoms with Gasteiger partial charge in [-0.25, -0.2) is 13.1 Å². The summed E-state index contributed by atoms with van der Waals surface area (Å²) in [6, 6.07) is 3.01. The lowest BCUT2D eigenvalue weighted by Gasteiger charge is -2.14. The third kappa shape index (κ3) is 4.54. The number of sulfonamides is 1. The number of hydrogen-bond donors (Lipinski definition) is 2. The van der Waals surface area contributed by atoms with Crippen molar-refractivity contribution >= 4 is 15.9 Å². The van der Waals surface area contributed by atoms with Crippen LogP contribution in [-0.2, 0) is 10.0 Å². The summed E-state index contributed by atoms with van der Waals surface area (Å²) < 4.78 is 47.5. The van der Waals surface area contributed by atoms with Crippen LogP contribution in [0.25, 0.3) is 0 Å². The summed E-state index contributed by atoms with van der Waals surface area (Å²) in [5.74, 6) is 0.827. The first-order valence-electron chi connectivity index (χ1n) is 8.25. The maximum atomic E-state index is 12.4. The molecule has 11 heteroatoms. The van der Waals surface area contributed by atoms with Gasteiger partial charge in [-0.15, -0.1) is 0 Å². The average molecular weight is 413 g/mol. The van der Waals surface area contributed by atoms with Crippen LogP contribution in [0.1, 0.15) is 21.8 Å². The van der Waals surface area contributed by atoms with E-state index < -0.39 is 15.9 Å². The number of carbonyl (C=O) groups excluding carboxylic acids is 1. The molecule has 0 saturated heterocycles. The molecule has 0 atom stereocenters. The van der Waals surface area contributed by atoms with Crippen molar-refractivity contribution in [2.24, 2.45) is 0 Å². The summed E-state index contributed by atoms with van der Waals surface area (Å²) in [5, 5.41) is 6.26. The van der Waals surface area contributed by atoms with Gasteiger partial charge in [0.05, 0.1) is 21.3 Å². The zero-order chi connectivity index (χ0) is 20.9. The highest BCUT2D eigenvalue weighted by Gasteiger charge is 2.23. The molecule has 0 bridgehead atoms. The van der Waals surface area contributed by atoms with Crippen molar-refractivity contribution in [2.45, 2.75) is 18.7 Å². The first-order chi connectivity index (χ1) is 13.2. The van der Waals surface area contributed by atoms with Crippen LogP contribution in [0.3, 0.4) is 0 Å². The molecule has 1 heterocycles. The molecule has 0 aliphatic heterocycles. The van der Waals surface area contributed by atoms with Crippen LogP contribution in [0.2, 0.25) is 0 Å². The molecular formula is C17H23N3O7S. The monoisotopic (exact) mass is 413 g/mol. The number of aryl methyl sites for hydroxylation is 2. The lowest BCUT2D eigenvalue weighted by atomic mass is 10.1. The molecule has 154 valence electrons. The fourth-order valence-electron chi connectivity index (χ4n) is 2.61. The first-order valence-corrected chi connectivity index (χ1v) is 9.74. The van der Waals surface area contributed by atoms with Crippen LogP contribution in [-0.4, -0.2) is 53.9 Å². The van der Waals surface area contributed by atoms with E-state index >= 15 is 0 Å². The standard InChI is InChI=1S/C17H23N3O7S/c1-10-16(11(2)27-20-10)28(22,23)19-7-6-18-17(21)12-8-13(24-3)15(26-5)14(9-12)25-4/h8-9,19H,6-7H2,1-5H3,(H,18,21). The zero-order valence-electron chi connectivity index (χ0n) is 16.3. The summed E-state index contributed by atoms with van der Waals surface area (Å²) in [7, 11) is 0.572. The number of carbonyl (C=O) groups is 1. The summed E-state index contributed by atoms with van der Waals surface area (Å²) in [6.45, 7) is 3.11. The van der Waals surface area contributed by atoms with Gasteiger partial charge in [-0.3, -0.25) is 4.79 Å². The van der Waals surface area contributed by atoms with Gasteiger partial charge in [-0.1, -0.05) is 5.16 Å². The second kappa shape index (κ2) is 8.93. The second-order valence-electron chi connectivity index (χ2n) is 5.72. The van der Waals surface area contributed by atoms with Crippen LogP contribution in [0.5, 0.6) is 17.2 Å². The number of nitrogens with zero attached hydrogens (tertiary/aromatic N) is 1. The second-order valence-corrected chi connectivity index (χ2v) is 7.42. The number of hydrogen-bond acceptors (Lipinski definition) is 8. The number of methoxy groups -OCH3 is 3. The van der Waals surface area contributed by atoms with E-state index in [2.05, 4.69) is 15.2 Å². The van der Waals surface area contributed by atoms with E-state index in [1.165, 1.54) is 47.3 Å². The molecule has 0 fully saturated rings. The Morgan fingerprint density at radius 3 is 2.14 bits per heavy atom. The number of nitrogens with one attached hydrogen (secondary N) is 2. The third-order valence-electron chi connectivity index (χ3n) is 3.87. The van der Waals surface area contributed by atoms with Crippen LogP contribution in [0.4, 0.5) is 0 Å². The van der Waals surface area contributed by atoms with E-state index in [4.69, 9.17) is 18.7 Å². The molecule has 1 amide bonds. The van der Waals surface area contributed by atoms with Crippen LogP contribution < -0.4 is 24.2 Å². The Bertz CT molecular complexity index is 909. The third-order valence-corrected chi connectivity index (χ3v) is 5.57. The fraction of sp³-hybridized carbons (Fsp3) is 0.412. The number of amides is 1. The van der Waals surface area contributed by atoms with Crippen LogP contribution in [0.15, 0.2) is 21.6 Å². The summed E-state index contributed by atoms with van der Waals surface area (Å²) in [6.07, 6.45) is 0. The van der Waals surface area contributed by atoms with Crippen molar-refractivity contribution in [1.29, 1.82) is 0 Å². The first kappa shape index (κ1) is 21.5. The van der Waals surface area contributed by atoms with E-state index in [9.17, 15) is 13.2 Å². The molecule has 1 aromatic heterocycles. The minimum atomic E-state index is -3.79. The van der Waals surface area contributed by atoms with Crippen LogP contribution in [0, 0.1) is 13.8 Å². The molecule has 2 aromatic rings. The highest BCUT2D eigenvalue weighted by molar-refractivity contribution is 7.89. The van der Waals surface area contributed by atoms with Gasteiger partial charge in [-0.05, 0) is 26.0 Å². The van der Waals surface area contributed by atoms with Crippen molar-refractivity contribution in [2.75, 3.05) is 34.4 Å². The molecule has 0 spiro atoms.